The number of nitrogens with zero attached hydrogens (tertiary/aromatic N) is 2. The van der Waals surface area contributed by atoms with E-state index in [1.807, 2.05) is 11.3 Å². The van der Waals surface area contributed by atoms with Gasteiger partial charge in [0, 0.05) is 37.2 Å². The van der Waals surface area contributed by atoms with Gasteiger partial charge in [0.25, 0.3) is 0 Å². The lowest BCUT2D eigenvalue weighted by atomic mass is 9.93. The van der Waals surface area contributed by atoms with Crippen LogP contribution in [0.2, 0.25) is 0 Å². The van der Waals surface area contributed by atoms with Gasteiger partial charge < -0.3 is 15.0 Å². The van der Waals surface area contributed by atoms with Gasteiger partial charge in [0.2, 0.25) is 0 Å². The summed E-state index contributed by atoms with van der Waals surface area (Å²) in [4.78, 5) is 8.55. The molecular weight excluding hydrogens is 282 g/mol. The summed E-state index contributed by atoms with van der Waals surface area (Å²) >= 11 is 1.81. The van der Waals surface area contributed by atoms with Crippen molar-refractivity contribution in [3.05, 3.63) is 10.6 Å². The van der Waals surface area contributed by atoms with Crippen molar-refractivity contribution in [1.29, 1.82) is 0 Å². The van der Waals surface area contributed by atoms with Crippen LogP contribution in [0.4, 0.5) is 5.13 Å². The SMILES string of the molecule is COCc1nc(N2CCC(C)(C)C2)sc1CNC(C)(C)C. The lowest BCUT2D eigenvalue weighted by molar-refractivity contribution is 0.181. The molecule has 0 spiro atoms. The van der Waals surface area contributed by atoms with Crippen molar-refractivity contribution in [1.82, 2.24) is 10.3 Å². The molecule has 0 atom stereocenters. The van der Waals surface area contributed by atoms with E-state index in [1.54, 1.807) is 7.11 Å². The van der Waals surface area contributed by atoms with E-state index in [-0.39, 0.29) is 5.54 Å². The van der Waals surface area contributed by atoms with Gasteiger partial charge in [0.15, 0.2) is 5.13 Å². The number of ether oxygens (including phenoxy) is 1. The van der Waals surface area contributed by atoms with Crippen LogP contribution in [0.25, 0.3) is 0 Å². The van der Waals surface area contributed by atoms with E-state index in [9.17, 15) is 0 Å². The zero-order valence-corrected chi connectivity index (χ0v) is 15.1. The monoisotopic (exact) mass is 311 g/mol. The summed E-state index contributed by atoms with van der Waals surface area (Å²) in [6, 6.07) is 0. The first-order valence-electron chi connectivity index (χ1n) is 7.68. The van der Waals surface area contributed by atoms with Crippen molar-refractivity contribution in [3.63, 3.8) is 0 Å². The molecule has 1 N–H and O–H groups in total. The fourth-order valence-electron chi connectivity index (χ4n) is 2.51. The smallest absolute Gasteiger partial charge is 0.185 e. The molecule has 0 radical (unpaired) electrons. The van der Waals surface area contributed by atoms with Crippen LogP contribution in [-0.4, -0.2) is 30.7 Å². The fraction of sp³-hybridized carbons (Fsp3) is 0.812. The molecule has 4 nitrogen and oxygen atoms in total. The van der Waals surface area contributed by atoms with Gasteiger partial charge >= 0.3 is 0 Å². The molecule has 1 aromatic heterocycles. The van der Waals surface area contributed by atoms with E-state index >= 15 is 0 Å². The van der Waals surface area contributed by atoms with Crippen molar-refractivity contribution < 1.29 is 4.74 Å². The second kappa shape index (κ2) is 6.23. The first kappa shape index (κ1) is 16.7. The fourth-order valence-corrected chi connectivity index (χ4v) is 3.54. The summed E-state index contributed by atoms with van der Waals surface area (Å²) in [5.74, 6) is 0. The number of rotatable bonds is 5. The van der Waals surface area contributed by atoms with Gasteiger partial charge in [-0.1, -0.05) is 13.8 Å². The molecule has 1 saturated heterocycles. The molecule has 21 heavy (non-hydrogen) atoms. The Balaban J connectivity index is 2.13. The molecule has 120 valence electrons. The standard InChI is InChI=1S/C16H29N3OS/c1-15(2,3)17-9-13-12(10-20-6)18-14(21-13)19-8-7-16(4,5)11-19/h17H,7-11H2,1-6H3. The van der Waals surface area contributed by atoms with Gasteiger partial charge in [-0.3, -0.25) is 0 Å². The highest BCUT2D eigenvalue weighted by Gasteiger charge is 2.31. The Morgan fingerprint density at radius 3 is 2.62 bits per heavy atom. The Labute approximate surface area is 132 Å². The molecule has 1 fully saturated rings. The lowest BCUT2D eigenvalue weighted by Crippen LogP contribution is -2.35. The van der Waals surface area contributed by atoms with E-state index in [1.165, 1.54) is 11.3 Å². The Hall–Kier alpha value is -0.650. The van der Waals surface area contributed by atoms with Crippen LogP contribution in [0.15, 0.2) is 0 Å². The minimum Gasteiger partial charge on any atom is -0.378 e. The average molecular weight is 311 g/mol. The quantitative estimate of drug-likeness (QED) is 0.904. The van der Waals surface area contributed by atoms with Crippen molar-refractivity contribution in [2.75, 3.05) is 25.1 Å². The first-order valence-corrected chi connectivity index (χ1v) is 8.49. The zero-order valence-electron chi connectivity index (χ0n) is 14.2. The van der Waals surface area contributed by atoms with Crippen LogP contribution < -0.4 is 10.2 Å². The van der Waals surface area contributed by atoms with Crippen molar-refractivity contribution in [2.45, 2.75) is 59.7 Å². The van der Waals surface area contributed by atoms with E-state index in [2.05, 4.69) is 44.8 Å². The number of hydrogen-bond acceptors (Lipinski definition) is 5. The highest BCUT2D eigenvalue weighted by molar-refractivity contribution is 7.15. The second-order valence-corrected chi connectivity index (χ2v) is 8.80. The van der Waals surface area contributed by atoms with Gasteiger partial charge in [-0.2, -0.15) is 0 Å². The predicted octanol–water partition coefficient (Wildman–Crippen LogP) is 3.41. The maximum absolute atomic E-state index is 5.32. The third-order valence-corrected chi connectivity index (χ3v) is 4.93. The van der Waals surface area contributed by atoms with Crippen molar-refractivity contribution in [3.8, 4) is 0 Å². The van der Waals surface area contributed by atoms with E-state index in [0.29, 0.717) is 12.0 Å². The molecule has 5 heteroatoms. The number of aromatic nitrogens is 1. The Kier molecular flexibility index (Phi) is 4.96. The number of anilines is 1. The third-order valence-electron chi connectivity index (χ3n) is 3.78. The lowest BCUT2D eigenvalue weighted by Gasteiger charge is -2.20. The number of thiazole rings is 1. The Morgan fingerprint density at radius 1 is 1.38 bits per heavy atom. The molecule has 0 aromatic carbocycles. The summed E-state index contributed by atoms with van der Waals surface area (Å²) in [5, 5.41) is 4.70. The molecular formula is C16H29N3OS. The van der Waals surface area contributed by atoms with E-state index in [0.717, 1.165) is 30.5 Å². The van der Waals surface area contributed by atoms with Gasteiger partial charge in [0.05, 0.1) is 12.3 Å². The minimum absolute atomic E-state index is 0.115. The van der Waals surface area contributed by atoms with Gasteiger partial charge in [-0.15, -0.1) is 11.3 Å². The number of hydrogen-bond donors (Lipinski definition) is 1. The normalized spacial score (nSPS) is 18.5. The van der Waals surface area contributed by atoms with Crippen LogP contribution in [0, 0.1) is 5.41 Å². The molecule has 2 heterocycles. The highest BCUT2D eigenvalue weighted by Crippen LogP contribution is 2.35. The van der Waals surface area contributed by atoms with Crippen LogP contribution in [0.1, 0.15) is 51.6 Å². The summed E-state index contributed by atoms with van der Waals surface area (Å²) in [7, 11) is 1.74. The van der Waals surface area contributed by atoms with E-state index in [4.69, 9.17) is 9.72 Å². The van der Waals surface area contributed by atoms with Crippen LogP contribution in [0.5, 0.6) is 0 Å². The Morgan fingerprint density at radius 2 is 2.10 bits per heavy atom. The summed E-state index contributed by atoms with van der Waals surface area (Å²) in [6.45, 7) is 14.9. The molecule has 0 bridgehead atoms. The molecule has 1 aliphatic heterocycles. The van der Waals surface area contributed by atoms with Crippen LogP contribution >= 0.6 is 11.3 Å². The van der Waals surface area contributed by atoms with Crippen LogP contribution in [-0.2, 0) is 17.9 Å². The Bertz CT molecular complexity index is 476. The maximum Gasteiger partial charge on any atom is 0.185 e. The molecule has 0 aliphatic carbocycles. The van der Waals surface area contributed by atoms with Gasteiger partial charge in [-0.05, 0) is 32.6 Å². The molecule has 1 aromatic rings. The number of methoxy groups -OCH3 is 1. The molecule has 0 amide bonds. The third kappa shape index (κ3) is 4.66. The summed E-state index contributed by atoms with van der Waals surface area (Å²) < 4.78 is 5.32. The van der Waals surface area contributed by atoms with Crippen molar-refractivity contribution >= 4 is 16.5 Å². The minimum atomic E-state index is 0.115. The zero-order chi connectivity index (χ0) is 15.7. The largest absolute Gasteiger partial charge is 0.378 e. The molecule has 0 saturated carbocycles. The van der Waals surface area contributed by atoms with E-state index < -0.39 is 0 Å². The summed E-state index contributed by atoms with van der Waals surface area (Å²) in [5.41, 5.74) is 1.60. The highest BCUT2D eigenvalue weighted by atomic mass is 32.1. The summed E-state index contributed by atoms with van der Waals surface area (Å²) in [6.07, 6.45) is 1.24. The maximum atomic E-state index is 5.32. The molecule has 1 aliphatic rings. The topological polar surface area (TPSA) is 37.4 Å². The number of nitrogens with one attached hydrogen (secondary N) is 1. The molecule has 2 rings (SSSR count). The molecule has 0 unspecified atom stereocenters. The van der Waals surface area contributed by atoms with Crippen LogP contribution in [0.3, 0.4) is 0 Å². The predicted molar refractivity (Wildman–Crippen MR) is 90.0 cm³/mol. The van der Waals surface area contributed by atoms with Gasteiger partial charge in [-0.25, -0.2) is 4.98 Å². The first-order chi connectivity index (χ1) is 9.70. The second-order valence-electron chi connectivity index (χ2n) is 7.74. The average Bonchev–Trinajstić information content (AvgIpc) is 2.90. The van der Waals surface area contributed by atoms with Crippen molar-refractivity contribution in [2.24, 2.45) is 5.41 Å². The van der Waals surface area contributed by atoms with Gasteiger partial charge in [0.1, 0.15) is 0 Å².